The van der Waals surface area contributed by atoms with Crippen LogP contribution in [-0.2, 0) is 9.47 Å². The van der Waals surface area contributed by atoms with Crippen molar-refractivity contribution in [3.8, 4) is 11.4 Å². The highest BCUT2D eigenvalue weighted by molar-refractivity contribution is 6.09. The van der Waals surface area contributed by atoms with E-state index in [4.69, 9.17) is 9.47 Å². The molecule has 2 amide bonds. The van der Waals surface area contributed by atoms with Gasteiger partial charge in [-0.1, -0.05) is 12.1 Å². The van der Waals surface area contributed by atoms with E-state index in [1.165, 1.54) is 11.9 Å². The summed E-state index contributed by atoms with van der Waals surface area (Å²) in [6, 6.07) is 9.32. The van der Waals surface area contributed by atoms with Gasteiger partial charge in [-0.15, -0.1) is 10.2 Å². The summed E-state index contributed by atoms with van der Waals surface area (Å²) >= 11 is 0. The maximum atomic E-state index is 13.3. The molecule has 0 unspecified atom stereocenters. The topological polar surface area (TPSA) is 141 Å². The number of tetrazole rings is 1. The van der Waals surface area contributed by atoms with Crippen molar-refractivity contribution in [3.05, 3.63) is 53.9 Å². The van der Waals surface area contributed by atoms with E-state index in [0.717, 1.165) is 11.3 Å². The van der Waals surface area contributed by atoms with Crippen molar-refractivity contribution in [1.82, 2.24) is 34.7 Å². The molecule has 4 heterocycles. The van der Waals surface area contributed by atoms with E-state index in [9.17, 15) is 9.59 Å². The number of hydrogen-bond acceptors (Lipinski definition) is 9. The third kappa shape index (κ3) is 5.39. The van der Waals surface area contributed by atoms with Gasteiger partial charge in [0.05, 0.1) is 43.1 Å². The Kier molecular flexibility index (Phi) is 6.91. The maximum Gasteiger partial charge on any atom is 0.409 e. The number of nitrogens with one attached hydrogen (secondary N) is 2. The molecule has 2 N–H and O–H groups in total. The van der Waals surface area contributed by atoms with Gasteiger partial charge in [-0.05, 0) is 49.7 Å². The number of anilines is 2. The molecule has 13 nitrogen and oxygen atoms in total. The van der Waals surface area contributed by atoms with Crippen LogP contribution in [0, 0.1) is 6.92 Å². The maximum absolute atomic E-state index is 13.3. The zero-order valence-electron chi connectivity index (χ0n) is 22.5. The second-order valence-electron chi connectivity index (χ2n) is 10.1. The zero-order chi connectivity index (χ0) is 27.7. The van der Waals surface area contributed by atoms with Gasteiger partial charge in [0.1, 0.15) is 6.04 Å². The van der Waals surface area contributed by atoms with Gasteiger partial charge in [-0.3, -0.25) is 4.79 Å². The molecule has 0 spiro atoms. The predicted molar refractivity (Wildman–Crippen MR) is 144 cm³/mol. The van der Waals surface area contributed by atoms with Gasteiger partial charge in [0.25, 0.3) is 5.91 Å². The van der Waals surface area contributed by atoms with Crippen LogP contribution in [0.2, 0.25) is 0 Å². The predicted octanol–water partition coefficient (Wildman–Crippen LogP) is 3.01. The first-order valence-corrected chi connectivity index (χ1v) is 12.5. The molecule has 1 aliphatic rings. The Labute approximate surface area is 225 Å². The van der Waals surface area contributed by atoms with Crippen molar-refractivity contribution >= 4 is 28.9 Å². The summed E-state index contributed by atoms with van der Waals surface area (Å²) in [5.74, 6) is 0.140. The zero-order valence-corrected chi connectivity index (χ0v) is 22.5. The number of aromatic nitrogens is 6. The van der Waals surface area contributed by atoms with Gasteiger partial charge in [0.15, 0.2) is 0 Å². The third-order valence-electron chi connectivity index (χ3n) is 6.83. The standard InChI is InChI=1S/C26H31N9O4/c1-16-6-7-17(23-30-32-35(31-23)19-13-33(14-19)25(37)38-4)10-21(16)29-24(36)20-12-28-34-9-8-18(11-22(20)34)27-15-26(2,3)39-5/h6-12,19,27H,13-15H2,1-5H3,(H,29,36). The fourth-order valence-electron chi connectivity index (χ4n) is 4.11. The van der Waals surface area contributed by atoms with Crippen LogP contribution in [0.25, 0.3) is 16.9 Å². The Morgan fingerprint density at radius 1 is 1.15 bits per heavy atom. The van der Waals surface area contributed by atoms with Crippen LogP contribution in [0.4, 0.5) is 16.2 Å². The van der Waals surface area contributed by atoms with E-state index in [1.54, 1.807) is 22.7 Å². The molecule has 39 heavy (non-hydrogen) atoms. The largest absolute Gasteiger partial charge is 0.453 e. The van der Waals surface area contributed by atoms with Crippen molar-refractivity contribution in [2.75, 3.05) is 44.5 Å². The molecule has 1 aromatic carbocycles. The Morgan fingerprint density at radius 2 is 1.95 bits per heavy atom. The smallest absolute Gasteiger partial charge is 0.409 e. The highest BCUT2D eigenvalue weighted by Crippen LogP contribution is 2.26. The van der Waals surface area contributed by atoms with Crippen molar-refractivity contribution in [3.63, 3.8) is 0 Å². The molecule has 0 atom stereocenters. The van der Waals surface area contributed by atoms with Crippen molar-refractivity contribution in [1.29, 1.82) is 0 Å². The Morgan fingerprint density at radius 3 is 2.69 bits per heavy atom. The number of rotatable bonds is 8. The fraction of sp³-hybridized carbons (Fsp3) is 0.385. The number of nitrogens with zero attached hydrogens (tertiary/aromatic N) is 7. The van der Waals surface area contributed by atoms with Crippen LogP contribution < -0.4 is 10.6 Å². The van der Waals surface area contributed by atoms with Gasteiger partial charge in [0.2, 0.25) is 5.82 Å². The van der Waals surface area contributed by atoms with Crippen LogP contribution in [0.15, 0.2) is 42.7 Å². The Hall–Kier alpha value is -4.52. The summed E-state index contributed by atoms with van der Waals surface area (Å²) < 4.78 is 11.9. The number of hydrogen-bond donors (Lipinski definition) is 2. The number of benzene rings is 1. The van der Waals surface area contributed by atoms with Crippen LogP contribution in [0.1, 0.15) is 35.8 Å². The number of methoxy groups -OCH3 is 2. The molecule has 1 fully saturated rings. The molecular weight excluding hydrogens is 502 g/mol. The van der Waals surface area contributed by atoms with Crippen molar-refractivity contribution in [2.24, 2.45) is 0 Å². The molecule has 0 radical (unpaired) electrons. The molecule has 5 rings (SSSR count). The molecular formula is C26H31N9O4. The molecule has 204 valence electrons. The number of carbonyl (C=O) groups excluding carboxylic acids is 2. The summed E-state index contributed by atoms with van der Waals surface area (Å²) in [6.07, 6.45) is 2.98. The number of ether oxygens (including phenoxy) is 2. The second-order valence-corrected chi connectivity index (χ2v) is 10.1. The van der Waals surface area contributed by atoms with E-state index in [-0.39, 0.29) is 23.6 Å². The quantitative estimate of drug-likeness (QED) is 0.350. The lowest BCUT2D eigenvalue weighted by atomic mass is 10.1. The van der Waals surface area contributed by atoms with Gasteiger partial charge in [0, 0.05) is 36.8 Å². The number of likely N-dealkylation sites (tertiary alicyclic amines) is 1. The number of aryl methyl sites for hydroxylation is 1. The van der Waals surface area contributed by atoms with E-state index in [0.29, 0.717) is 47.8 Å². The number of pyridine rings is 1. The van der Waals surface area contributed by atoms with Crippen molar-refractivity contribution < 1.29 is 19.1 Å². The normalized spacial score (nSPS) is 13.8. The third-order valence-corrected chi connectivity index (χ3v) is 6.83. The molecule has 0 aliphatic carbocycles. The van der Waals surface area contributed by atoms with E-state index >= 15 is 0 Å². The van der Waals surface area contributed by atoms with Gasteiger partial charge in [-0.2, -0.15) is 9.90 Å². The minimum atomic E-state index is -0.376. The monoisotopic (exact) mass is 533 g/mol. The number of amides is 2. The summed E-state index contributed by atoms with van der Waals surface area (Å²) in [4.78, 5) is 28.0. The SMILES string of the molecule is COC(=O)N1CC(n2nnc(-c3ccc(C)c(NC(=O)c4cnn5ccc(NCC(C)(C)OC)cc45)c3)n2)C1. The average molecular weight is 534 g/mol. The minimum Gasteiger partial charge on any atom is -0.453 e. The summed E-state index contributed by atoms with van der Waals surface area (Å²) in [7, 11) is 3.03. The first-order chi connectivity index (χ1) is 18.7. The van der Waals surface area contributed by atoms with Crippen LogP contribution in [0.3, 0.4) is 0 Å². The van der Waals surface area contributed by atoms with Crippen LogP contribution in [0.5, 0.6) is 0 Å². The lowest BCUT2D eigenvalue weighted by molar-refractivity contribution is 0.0344. The van der Waals surface area contributed by atoms with Crippen LogP contribution in [-0.4, -0.2) is 86.2 Å². The molecule has 1 saturated heterocycles. The van der Waals surface area contributed by atoms with Crippen molar-refractivity contribution in [2.45, 2.75) is 32.4 Å². The Balaban J connectivity index is 1.31. The molecule has 3 aromatic heterocycles. The van der Waals surface area contributed by atoms with Gasteiger partial charge in [-0.25, -0.2) is 9.31 Å². The highest BCUT2D eigenvalue weighted by Gasteiger charge is 2.34. The summed E-state index contributed by atoms with van der Waals surface area (Å²) in [6.45, 7) is 7.42. The summed E-state index contributed by atoms with van der Waals surface area (Å²) in [5, 5.41) is 23.5. The van der Waals surface area contributed by atoms with Gasteiger partial charge >= 0.3 is 6.09 Å². The molecule has 0 bridgehead atoms. The molecule has 1 aliphatic heterocycles. The van der Waals surface area contributed by atoms with Gasteiger partial charge < -0.3 is 25.0 Å². The number of fused-ring (bicyclic) bond motifs is 1. The van der Waals surface area contributed by atoms with E-state index in [1.807, 2.05) is 57.3 Å². The van der Waals surface area contributed by atoms with E-state index < -0.39 is 0 Å². The van der Waals surface area contributed by atoms with E-state index in [2.05, 4.69) is 31.1 Å². The Bertz CT molecular complexity index is 1520. The molecule has 4 aromatic rings. The first kappa shape index (κ1) is 26.1. The fourth-order valence-corrected chi connectivity index (χ4v) is 4.11. The highest BCUT2D eigenvalue weighted by atomic mass is 16.5. The lowest BCUT2D eigenvalue weighted by Gasteiger charge is -2.36. The average Bonchev–Trinajstić information content (AvgIpc) is 3.55. The summed E-state index contributed by atoms with van der Waals surface area (Å²) in [5.41, 5.74) is 3.86. The minimum absolute atomic E-state index is 0.0643. The lowest BCUT2D eigenvalue weighted by Crippen LogP contribution is -2.51. The molecule has 0 saturated carbocycles. The first-order valence-electron chi connectivity index (χ1n) is 12.5. The number of carbonyl (C=O) groups is 2. The second kappa shape index (κ2) is 10.3. The van der Waals surface area contributed by atoms with Crippen LogP contribution >= 0.6 is 0 Å². The molecule has 13 heteroatoms.